The number of hydrogen-bond donors (Lipinski definition) is 3. The lowest BCUT2D eigenvalue weighted by Gasteiger charge is -2.31. The second-order valence-electron chi connectivity index (χ2n) is 9.20. The zero-order valence-electron chi connectivity index (χ0n) is 18.7. The summed E-state index contributed by atoms with van der Waals surface area (Å²) >= 11 is 6.48. The molecule has 1 aromatic carbocycles. The van der Waals surface area contributed by atoms with E-state index in [1.165, 1.54) is 0 Å². The molecule has 1 amide bonds. The van der Waals surface area contributed by atoms with Crippen LogP contribution >= 0.6 is 11.6 Å². The Balaban J connectivity index is 1.69. The van der Waals surface area contributed by atoms with Crippen molar-refractivity contribution in [1.82, 2.24) is 10.3 Å². The van der Waals surface area contributed by atoms with Crippen molar-refractivity contribution in [3.05, 3.63) is 41.6 Å². The van der Waals surface area contributed by atoms with Crippen LogP contribution in [0.2, 0.25) is 5.02 Å². The van der Waals surface area contributed by atoms with Crippen LogP contribution in [-0.2, 0) is 0 Å². The van der Waals surface area contributed by atoms with E-state index in [4.69, 9.17) is 16.3 Å². The van der Waals surface area contributed by atoms with Crippen LogP contribution < -0.4 is 15.4 Å². The number of rotatable bonds is 9. The number of amides is 1. The van der Waals surface area contributed by atoms with E-state index in [1.54, 1.807) is 12.3 Å². The van der Waals surface area contributed by atoms with E-state index >= 15 is 0 Å². The van der Waals surface area contributed by atoms with Gasteiger partial charge in [-0.3, -0.25) is 0 Å². The lowest BCUT2D eigenvalue weighted by atomic mass is 9.91. The third-order valence-corrected chi connectivity index (χ3v) is 5.85. The average molecular weight is 464 g/mol. The highest BCUT2D eigenvalue weighted by Gasteiger charge is 2.29. The standard InChI is InChI=1S/C24H31ClFN3O3/c1-15(2)13-24(3,29-23(30)31)14-32-21-7-4-16(10-20(21)25)17-8-9-27-22(11-17)28-19-6-5-18(26)12-19/h4,7-11,15,18-19,29H,5-6,12-14H2,1-3H3,(H,27,28)(H,30,31)/t18?,19?,24-/m0/s1. The number of hydrogen-bond acceptors (Lipinski definition) is 4. The van der Waals surface area contributed by atoms with Crippen molar-refractivity contribution >= 4 is 23.5 Å². The van der Waals surface area contributed by atoms with Gasteiger partial charge in [0.2, 0.25) is 0 Å². The molecule has 1 aromatic heterocycles. The molecule has 2 unspecified atom stereocenters. The quantitative estimate of drug-likeness (QED) is 0.415. The van der Waals surface area contributed by atoms with Gasteiger partial charge in [-0.1, -0.05) is 31.5 Å². The number of carbonyl (C=O) groups is 1. The average Bonchev–Trinajstić information content (AvgIpc) is 3.10. The first-order valence-electron chi connectivity index (χ1n) is 10.9. The first-order valence-corrected chi connectivity index (χ1v) is 11.3. The Morgan fingerprint density at radius 2 is 2.06 bits per heavy atom. The van der Waals surface area contributed by atoms with Crippen LogP contribution in [0.25, 0.3) is 11.1 Å². The van der Waals surface area contributed by atoms with Crippen molar-refractivity contribution in [2.24, 2.45) is 5.92 Å². The number of aromatic nitrogens is 1. The van der Waals surface area contributed by atoms with Gasteiger partial charge >= 0.3 is 6.09 Å². The summed E-state index contributed by atoms with van der Waals surface area (Å²) in [6, 6.07) is 9.42. The van der Waals surface area contributed by atoms with E-state index in [0.717, 1.165) is 17.5 Å². The van der Waals surface area contributed by atoms with Crippen LogP contribution in [0.1, 0.15) is 46.5 Å². The van der Waals surface area contributed by atoms with Crippen LogP contribution in [0.5, 0.6) is 5.75 Å². The molecule has 0 radical (unpaired) electrons. The minimum absolute atomic E-state index is 0.103. The second-order valence-corrected chi connectivity index (χ2v) is 9.61. The minimum atomic E-state index is -1.08. The van der Waals surface area contributed by atoms with Crippen molar-refractivity contribution in [3.63, 3.8) is 0 Å². The maximum Gasteiger partial charge on any atom is 0.405 e. The smallest absolute Gasteiger partial charge is 0.405 e. The summed E-state index contributed by atoms with van der Waals surface area (Å²) in [5, 5.41) is 15.5. The number of nitrogens with zero attached hydrogens (tertiary/aromatic N) is 1. The van der Waals surface area contributed by atoms with Crippen LogP contribution in [-0.4, -0.2) is 40.5 Å². The van der Waals surface area contributed by atoms with Gasteiger partial charge in [0.25, 0.3) is 0 Å². The minimum Gasteiger partial charge on any atom is -0.490 e. The molecule has 0 bridgehead atoms. The van der Waals surface area contributed by atoms with Gasteiger partial charge in [0.15, 0.2) is 0 Å². The van der Waals surface area contributed by atoms with Crippen molar-refractivity contribution < 1.29 is 19.0 Å². The Morgan fingerprint density at radius 1 is 1.31 bits per heavy atom. The number of halogens is 2. The summed E-state index contributed by atoms with van der Waals surface area (Å²) in [6.07, 6.45) is 2.42. The molecule has 32 heavy (non-hydrogen) atoms. The van der Waals surface area contributed by atoms with Gasteiger partial charge < -0.3 is 20.5 Å². The molecule has 2 aromatic rings. The fourth-order valence-corrected chi connectivity index (χ4v) is 4.53. The fourth-order valence-electron chi connectivity index (χ4n) is 4.30. The molecule has 0 saturated heterocycles. The van der Waals surface area contributed by atoms with Crippen molar-refractivity contribution in [3.8, 4) is 16.9 Å². The molecule has 0 aliphatic heterocycles. The molecule has 3 N–H and O–H groups in total. The Kier molecular flexibility index (Phi) is 7.82. The zero-order chi connectivity index (χ0) is 23.3. The molecule has 1 saturated carbocycles. The Morgan fingerprint density at radius 3 is 2.69 bits per heavy atom. The summed E-state index contributed by atoms with van der Waals surface area (Å²) in [7, 11) is 0. The first kappa shape index (κ1) is 24.1. The third kappa shape index (κ3) is 6.73. The molecule has 174 valence electrons. The third-order valence-electron chi connectivity index (χ3n) is 5.56. The predicted octanol–water partition coefficient (Wildman–Crippen LogP) is 6.16. The van der Waals surface area contributed by atoms with Crippen LogP contribution in [0, 0.1) is 5.92 Å². The van der Waals surface area contributed by atoms with E-state index < -0.39 is 17.8 Å². The summed E-state index contributed by atoms with van der Waals surface area (Å²) in [4.78, 5) is 15.6. The highest BCUT2D eigenvalue weighted by molar-refractivity contribution is 6.32. The van der Waals surface area contributed by atoms with E-state index in [0.29, 0.717) is 41.8 Å². The molecular weight excluding hydrogens is 433 g/mol. The summed E-state index contributed by atoms with van der Waals surface area (Å²) in [5.74, 6) is 1.50. The predicted molar refractivity (Wildman–Crippen MR) is 125 cm³/mol. The second kappa shape index (κ2) is 10.4. The van der Waals surface area contributed by atoms with Gasteiger partial charge in [0.1, 0.15) is 24.3 Å². The molecule has 6 nitrogen and oxygen atoms in total. The molecule has 1 fully saturated rings. The first-order chi connectivity index (χ1) is 15.1. The van der Waals surface area contributed by atoms with Gasteiger partial charge in [-0.2, -0.15) is 0 Å². The number of alkyl halides is 1. The maximum absolute atomic E-state index is 13.4. The largest absolute Gasteiger partial charge is 0.490 e. The monoisotopic (exact) mass is 463 g/mol. The maximum atomic E-state index is 13.4. The van der Waals surface area contributed by atoms with E-state index in [1.807, 2.05) is 45.0 Å². The summed E-state index contributed by atoms with van der Waals surface area (Å²) in [5.41, 5.74) is 1.10. The topological polar surface area (TPSA) is 83.5 Å². The Bertz CT molecular complexity index is 942. The normalized spacial score (nSPS) is 20.1. The number of pyridine rings is 1. The number of nitrogens with one attached hydrogen (secondary N) is 2. The van der Waals surface area contributed by atoms with Crippen LogP contribution in [0.4, 0.5) is 15.0 Å². The van der Waals surface area contributed by atoms with Crippen LogP contribution in [0.15, 0.2) is 36.5 Å². The highest BCUT2D eigenvalue weighted by Crippen LogP contribution is 2.32. The molecule has 1 heterocycles. The lowest BCUT2D eigenvalue weighted by Crippen LogP contribution is -2.50. The number of carboxylic acid groups (broad SMARTS) is 1. The number of benzene rings is 1. The molecule has 3 atom stereocenters. The molecule has 3 rings (SSSR count). The van der Waals surface area contributed by atoms with E-state index in [2.05, 4.69) is 15.6 Å². The number of ether oxygens (including phenoxy) is 1. The molecular formula is C24H31ClFN3O3. The Labute approximate surface area is 193 Å². The molecule has 8 heteroatoms. The van der Waals surface area contributed by atoms with Crippen LogP contribution in [0.3, 0.4) is 0 Å². The summed E-state index contributed by atoms with van der Waals surface area (Å²) < 4.78 is 19.3. The SMILES string of the molecule is CC(C)C[C@@](C)(COc1ccc(-c2ccnc(NC3CCC(F)C3)c2)cc1Cl)NC(=O)O. The molecule has 1 aliphatic carbocycles. The van der Waals surface area contributed by atoms with E-state index in [-0.39, 0.29) is 12.6 Å². The van der Waals surface area contributed by atoms with Crippen molar-refractivity contribution in [1.29, 1.82) is 0 Å². The molecule has 0 spiro atoms. The number of anilines is 1. The molecule has 1 aliphatic rings. The van der Waals surface area contributed by atoms with E-state index in [9.17, 15) is 14.3 Å². The highest BCUT2D eigenvalue weighted by atomic mass is 35.5. The van der Waals surface area contributed by atoms with Gasteiger partial charge in [0.05, 0.1) is 10.6 Å². The van der Waals surface area contributed by atoms with Gasteiger partial charge in [0, 0.05) is 12.2 Å². The van der Waals surface area contributed by atoms with Gasteiger partial charge in [-0.15, -0.1) is 0 Å². The zero-order valence-corrected chi connectivity index (χ0v) is 19.5. The van der Waals surface area contributed by atoms with Crippen molar-refractivity contribution in [2.45, 2.75) is 64.2 Å². The van der Waals surface area contributed by atoms with Crippen molar-refractivity contribution in [2.75, 3.05) is 11.9 Å². The van der Waals surface area contributed by atoms with Gasteiger partial charge in [-0.25, -0.2) is 14.2 Å². The van der Waals surface area contributed by atoms with Gasteiger partial charge in [-0.05, 0) is 73.9 Å². The Hall–Kier alpha value is -2.54. The fraction of sp³-hybridized carbons (Fsp3) is 0.500. The summed E-state index contributed by atoms with van der Waals surface area (Å²) in [6.45, 7) is 6.05. The lowest BCUT2D eigenvalue weighted by molar-refractivity contribution is 0.143.